The van der Waals surface area contributed by atoms with E-state index in [9.17, 15) is 14.4 Å². The molecule has 0 fully saturated rings. The van der Waals surface area contributed by atoms with E-state index in [0.717, 1.165) is 96.4 Å². The topological polar surface area (TPSA) is 128 Å². The average molecular weight is 712 g/mol. The molecule has 0 bridgehead atoms. The molecule has 0 aliphatic rings. The van der Waals surface area contributed by atoms with Crippen LogP contribution in [-0.4, -0.2) is 61.6 Å². The number of nitrogens with zero attached hydrogens (tertiary/aromatic N) is 1. The van der Waals surface area contributed by atoms with Gasteiger partial charge in [-0.3, -0.25) is 14.4 Å². The number of carbonyl (C=O) groups is 3. The number of unbranched alkanes of at least 4 members (excludes halogenated alkanes) is 17. The van der Waals surface area contributed by atoms with Gasteiger partial charge in [0.1, 0.15) is 13.2 Å². The van der Waals surface area contributed by atoms with Crippen molar-refractivity contribution in [3.8, 4) is 0 Å². The van der Waals surface area contributed by atoms with Gasteiger partial charge in [-0.25, -0.2) is 0 Å². The molecule has 0 radical (unpaired) electrons. The second-order valence-corrected chi connectivity index (χ2v) is 14.9. The van der Waals surface area contributed by atoms with E-state index in [4.69, 9.17) is 9.47 Å². The lowest BCUT2D eigenvalue weighted by atomic mass is 9.94. The first kappa shape index (κ1) is 48.3. The Bertz CT molecular complexity index is 745. The fourth-order valence-corrected chi connectivity index (χ4v) is 6.77. The minimum Gasteiger partial charge on any atom is -0.464 e. The van der Waals surface area contributed by atoms with Crippen molar-refractivity contribution < 1.29 is 35.3 Å². The van der Waals surface area contributed by atoms with E-state index in [-0.39, 0.29) is 48.9 Å². The number of ether oxygens (including phenoxy) is 2. The summed E-state index contributed by atoms with van der Waals surface area (Å²) in [6.07, 6.45) is 29.6. The first-order valence-electron chi connectivity index (χ1n) is 21.6. The molecule has 6 N–H and O–H groups in total. The summed E-state index contributed by atoms with van der Waals surface area (Å²) in [7, 11) is 0. The summed E-state index contributed by atoms with van der Waals surface area (Å²) in [6, 6.07) is -0.383. The van der Waals surface area contributed by atoms with E-state index >= 15 is 0 Å². The average Bonchev–Trinajstić information content (AvgIpc) is 3.11. The third kappa shape index (κ3) is 27.0. The molecular formula is C42H85N3O5+2. The van der Waals surface area contributed by atoms with Crippen LogP contribution in [0.15, 0.2) is 0 Å². The normalized spacial score (nSPS) is 13.2. The molecule has 296 valence electrons. The number of esters is 2. The predicted octanol–water partition coefficient (Wildman–Crippen LogP) is 8.60. The minimum atomic E-state index is -0.383. The molecule has 0 heterocycles. The van der Waals surface area contributed by atoms with Gasteiger partial charge in [0.05, 0.1) is 31.5 Å². The van der Waals surface area contributed by atoms with Gasteiger partial charge in [-0.1, -0.05) is 156 Å². The molecule has 8 heteroatoms. The maximum absolute atomic E-state index is 13.5. The molecular weight excluding hydrogens is 626 g/mol. The van der Waals surface area contributed by atoms with Crippen LogP contribution in [0.4, 0.5) is 0 Å². The van der Waals surface area contributed by atoms with Crippen molar-refractivity contribution in [1.82, 2.24) is 4.90 Å². The molecule has 0 aromatic rings. The van der Waals surface area contributed by atoms with Crippen LogP contribution in [0.3, 0.4) is 0 Å². The molecule has 0 spiro atoms. The van der Waals surface area contributed by atoms with Gasteiger partial charge in [0.2, 0.25) is 0 Å². The summed E-state index contributed by atoms with van der Waals surface area (Å²) in [5.41, 5.74) is 8.08. The monoisotopic (exact) mass is 712 g/mol. The third-order valence-electron chi connectivity index (χ3n) is 10.2. The highest BCUT2D eigenvalue weighted by Crippen LogP contribution is 2.22. The quantitative estimate of drug-likeness (QED) is 0.0493. The Labute approximate surface area is 309 Å². The Morgan fingerprint density at radius 3 is 1.16 bits per heavy atom. The minimum absolute atomic E-state index is 0.0625. The highest BCUT2D eigenvalue weighted by atomic mass is 16.5. The number of hydrogen-bond donors (Lipinski definition) is 2. The van der Waals surface area contributed by atoms with Gasteiger partial charge >= 0.3 is 11.9 Å². The maximum atomic E-state index is 13.5. The van der Waals surface area contributed by atoms with Crippen molar-refractivity contribution in [2.45, 2.75) is 207 Å². The van der Waals surface area contributed by atoms with Crippen LogP contribution in [0.5, 0.6) is 0 Å². The summed E-state index contributed by atoms with van der Waals surface area (Å²) in [5, 5.41) is 0. The van der Waals surface area contributed by atoms with Gasteiger partial charge in [0.15, 0.2) is 6.04 Å². The van der Waals surface area contributed by atoms with E-state index in [0.29, 0.717) is 19.5 Å². The molecule has 0 aliphatic heterocycles. The Kier molecular flexibility index (Phi) is 34.5. The number of hydrogen-bond acceptors (Lipinski definition) is 5. The summed E-state index contributed by atoms with van der Waals surface area (Å²) < 4.78 is 11.7. The predicted molar refractivity (Wildman–Crippen MR) is 207 cm³/mol. The number of amides is 1. The summed E-state index contributed by atoms with van der Waals surface area (Å²) in [4.78, 5) is 41.8. The SMILES string of the molecule is CCCCCCCCC(CCCCCC)C(=O)OCCN(CCOC(=O)C(CCCCCC)CCCCCCCC)C(=O)C([NH3+])CCCC[NH3+]. The van der Waals surface area contributed by atoms with E-state index in [1.165, 1.54) is 77.0 Å². The Balaban J connectivity index is 5.27. The number of quaternary nitrogens is 2. The van der Waals surface area contributed by atoms with Crippen molar-refractivity contribution in [3.05, 3.63) is 0 Å². The van der Waals surface area contributed by atoms with E-state index in [1.54, 1.807) is 4.90 Å². The molecule has 0 rings (SSSR count). The molecule has 0 aliphatic carbocycles. The smallest absolute Gasteiger partial charge is 0.308 e. The van der Waals surface area contributed by atoms with Crippen LogP contribution in [0, 0.1) is 11.8 Å². The second kappa shape index (κ2) is 35.7. The summed E-state index contributed by atoms with van der Waals surface area (Å²) in [6.45, 7) is 10.6. The van der Waals surface area contributed by atoms with Crippen LogP contribution < -0.4 is 11.5 Å². The largest absolute Gasteiger partial charge is 0.464 e. The van der Waals surface area contributed by atoms with Gasteiger partial charge in [0, 0.05) is 6.42 Å². The maximum Gasteiger partial charge on any atom is 0.308 e. The fourth-order valence-electron chi connectivity index (χ4n) is 6.77. The summed E-state index contributed by atoms with van der Waals surface area (Å²) >= 11 is 0. The Hall–Kier alpha value is -1.67. The van der Waals surface area contributed by atoms with Gasteiger partial charge < -0.3 is 25.8 Å². The lowest BCUT2D eigenvalue weighted by Gasteiger charge is -2.25. The van der Waals surface area contributed by atoms with Crippen LogP contribution in [0.2, 0.25) is 0 Å². The van der Waals surface area contributed by atoms with Crippen molar-refractivity contribution in [3.63, 3.8) is 0 Å². The second-order valence-electron chi connectivity index (χ2n) is 14.9. The van der Waals surface area contributed by atoms with Crippen LogP contribution in [-0.2, 0) is 23.9 Å². The van der Waals surface area contributed by atoms with Gasteiger partial charge in [-0.15, -0.1) is 0 Å². The Morgan fingerprint density at radius 1 is 0.480 bits per heavy atom. The summed E-state index contributed by atoms with van der Waals surface area (Å²) in [5.74, 6) is -0.473. The van der Waals surface area contributed by atoms with Crippen molar-refractivity contribution in [1.29, 1.82) is 0 Å². The van der Waals surface area contributed by atoms with Gasteiger partial charge in [-0.2, -0.15) is 0 Å². The van der Waals surface area contributed by atoms with Gasteiger partial charge in [-0.05, 0) is 38.5 Å². The number of rotatable bonds is 37. The molecule has 0 saturated heterocycles. The molecule has 8 nitrogen and oxygen atoms in total. The molecule has 0 aromatic heterocycles. The molecule has 3 unspecified atom stereocenters. The standard InChI is InChI=1S/C42H83N3O5/c1-5-9-13-17-19-23-29-37(27-21-15-11-7-3)41(47)49-35-33-45(40(46)39(44)31-25-26-32-43)34-36-50-42(48)38(28-22-16-12-8-4)30-24-20-18-14-10-6-2/h37-39H,5-36,43-44H2,1-4H3/p+2. The van der Waals surface area contributed by atoms with E-state index in [1.807, 2.05) is 0 Å². The third-order valence-corrected chi connectivity index (χ3v) is 10.2. The molecule has 1 amide bonds. The highest BCUT2D eigenvalue weighted by Gasteiger charge is 2.26. The molecule has 0 aromatic carbocycles. The zero-order chi connectivity index (χ0) is 37.1. The fraction of sp³-hybridized carbons (Fsp3) is 0.929. The lowest BCUT2D eigenvalue weighted by Crippen LogP contribution is -2.68. The Morgan fingerprint density at radius 2 is 0.800 bits per heavy atom. The van der Waals surface area contributed by atoms with Crippen molar-refractivity contribution >= 4 is 17.8 Å². The van der Waals surface area contributed by atoms with Crippen molar-refractivity contribution in [2.75, 3.05) is 32.8 Å². The molecule has 50 heavy (non-hydrogen) atoms. The molecule has 3 atom stereocenters. The van der Waals surface area contributed by atoms with Crippen LogP contribution in [0.1, 0.15) is 201 Å². The van der Waals surface area contributed by atoms with Crippen molar-refractivity contribution in [2.24, 2.45) is 11.8 Å². The van der Waals surface area contributed by atoms with Crippen LogP contribution >= 0.6 is 0 Å². The van der Waals surface area contributed by atoms with E-state index in [2.05, 4.69) is 39.2 Å². The zero-order valence-corrected chi connectivity index (χ0v) is 33.8. The first-order valence-corrected chi connectivity index (χ1v) is 21.6. The molecule has 0 saturated carbocycles. The van der Waals surface area contributed by atoms with Gasteiger partial charge in [0.25, 0.3) is 5.91 Å². The first-order chi connectivity index (χ1) is 24.4. The van der Waals surface area contributed by atoms with E-state index < -0.39 is 0 Å². The van der Waals surface area contributed by atoms with Crippen LogP contribution in [0.25, 0.3) is 0 Å². The number of carbonyl (C=O) groups excluding carboxylic acids is 3. The zero-order valence-electron chi connectivity index (χ0n) is 33.8. The lowest BCUT2D eigenvalue weighted by molar-refractivity contribution is -0.408. The highest BCUT2D eigenvalue weighted by molar-refractivity contribution is 5.80.